The molecule has 0 aliphatic carbocycles. The van der Waals surface area contributed by atoms with Gasteiger partial charge in [-0.15, -0.1) is 0 Å². The largest absolute Gasteiger partial charge is 0.493 e. The molecule has 10 nitrogen and oxygen atoms in total. The lowest BCUT2D eigenvalue weighted by Crippen LogP contribution is -2.55. The van der Waals surface area contributed by atoms with Gasteiger partial charge in [0.1, 0.15) is 11.2 Å². The average Bonchev–Trinajstić information content (AvgIpc) is 3.26. The first kappa shape index (κ1) is 18.9. The number of aromatic nitrogens is 1. The number of imide groups is 1. The molecule has 3 heterocycles. The van der Waals surface area contributed by atoms with E-state index in [0.717, 1.165) is 5.39 Å². The number of aromatic amines is 1. The van der Waals surface area contributed by atoms with Gasteiger partial charge in [0.15, 0.2) is 11.5 Å². The summed E-state index contributed by atoms with van der Waals surface area (Å²) in [5.74, 6) is 0.859. The Morgan fingerprint density at radius 2 is 1.72 bits per heavy atom. The smallest absolute Gasteiger partial charge is 0.322 e. The van der Waals surface area contributed by atoms with Crippen LogP contribution in [0.5, 0.6) is 17.2 Å². The van der Waals surface area contributed by atoms with Gasteiger partial charge in [0.05, 0.1) is 26.8 Å². The van der Waals surface area contributed by atoms with Gasteiger partial charge in [-0.25, -0.2) is 4.79 Å². The standard InChI is InChI=1S/C19H22N4O6/c1-27-12-9-10-8-11(20-13(10)15(29-3)14(12)28-2)16(24)23-6-4-19(5-7-23)17(25)21-18(26)22-19/h8-9,20H,4-7H2,1-3H3,(H2,21,22,25,26). The van der Waals surface area contributed by atoms with Crippen LogP contribution in [0.15, 0.2) is 12.1 Å². The van der Waals surface area contributed by atoms with Crippen LogP contribution in [0.3, 0.4) is 0 Å². The third kappa shape index (κ3) is 2.91. The zero-order chi connectivity index (χ0) is 20.8. The van der Waals surface area contributed by atoms with Crippen molar-refractivity contribution in [3.63, 3.8) is 0 Å². The van der Waals surface area contributed by atoms with E-state index in [0.29, 0.717) is 54.4 Å². The number of hydrogen-bond acceptors (Lipinski definition) is 6. The van der Waals surface area contributed by atoms with Crippen molar-refractivity contribution >= 4 is 28.7 Å². The minimum absolute atomic E-state index is 0.194. The summed E-state index contributed by atoms with van der Waals surface area (Å²) in [6.07, 6.45) is 0.725. The number of fused-ring (bicyclic) bond motifs is 1. The summed E-state index contributed by atoms with van der Waals surface area (Å²) in [7, 11) is 4.57. The van der Waals surface area contributed by atoms with E-state index in [1.165, 1.54) is 21.3 Å². The minimum Gasteiger partial charge on any atom is -0.493 e. The van der Waals surface area contributed by atoms with Crippen LogP contribution >= 0.6 is 0 Å². The molecule has 1 aromatic heterocycles. The van der Waals surface area contributed by atoms with Crippen molar-refractivity contribution in [1.29, 1.82) is 0 Å². The molecule has 0 atom stereocenters. The summed E-state index contributed by atoms with van der Waals surface area (Å²) in [6.45, 7) is 0.706. The number of methoxy groups -OCH3 is 3. The average molecular weight is 402 g/mol. The van der Waals surface area contributed by atoms with E-state index in [2.05, 4.69) is 15.6 Å². The van der Waals surface area contributed by atoms with Crippen LogP contribution in [0, 0.1) is 0 Å². The number of benzene rings is 1. The van der Waals surface area contributed by atoms with Gasteiger partial charge in [0.2, 0.25) is 5.75 Å². The SMILES string of the molecule is COc1cc2cc(C(=O)N3CCC4(CC3)NC(=O)NC4=O)[nH]c2c(OC)c1OC. The number of nitrogens with zero attached hydrogens (tertiary/aromatic N) is 1. The number of piperidine rings is 1. The van der Waals surface area contributed by atoms with E-state index < -0.39 is 11.6 Å². The Morgan fingerprint density at radius 3 is 2.28 bits per heavy atom. The van der Waals surface area contributed by atoms with Crippen molar-refractivity contribution in [2.75, 3.05) is 34.4 Å². The molecule has 29 heavy (non-hydrogen) atoms. The highest BCUT2D eigenvalue weighted by Crippen LogP contribution is 2.43. The van der Waals surface area contributed by atoms with Gasteiger partial charge in [-0.3, -0.25) is 14.9 Å². The van der Waals surface area contributed by atoms with E-state index in [1.54, 1.807) is 17.0 Å². The zero-order valence-corrected chi connectivity index (χ0v) is 16.4. The van der Waals surface area contributed by atoms with Gasteiger partial charge in [0, 0.05) is 18.5 Å². The number of likely N-dealkylation sites (tertiary alicyclic amines) is 1. The monoisotopic (exact) mass is 402 g/mol. The maximum absolute atomic E-state index is 13.0. The first-order valence-electron chi connectivity index (χ1n) is 9.17. The van der Waals surface area contributed by atoms with E-state index in [9.17, 15) is 14.4 Å². The molecule has 4 amide bonds. The first-order valence-corrected chi connectivity index (χ1v) is 9.17. The second-order valence-corrected chi connectivity index (χ2v) is 7.08. The summed E-state index contributed by atoms with van der Waals surface area (Å²) in [4.78, 5) is 41.3. The fourth-order valence-corrected chi connectivity index (χ4v) is 4.00. The van der Waals surface area contributed by atoms with Crippen molar-refractivity contribution in [1.82, 2.24) is 20.5 Å². The lowest BCUT2D eigenvalue weighted by molar-refractivity contribution is -0.125. The second kappa shape index (κ2) is 6.87. The van der Waals surface area contributed by atoms with Crippen molar-refractivity contribution in [3.05, 3.63) is 17.8 Å². The molecule has 1 spiro atoms. The third-order valence-electron chi connectivity index (χ3n) is 5.57. The van der Waals surface area contributed by atoms with Crippen LogP contribution in [0.25, 0.3) is 10.9 Å². The predicted octanol–water partition coefficient (Wildman–Crippen LogP) is 1.01. The first-order chi connectivity index (χ1) is 13.9. The molecular formula is C19H22N4O6. The number of H-pyrrole nitrogens is 1. The van der Waals surface area contributed by atoms with Crippen molar-refractivity contribution in [3.8, 4) is 17.2 Å². The van der Waals surface area contributed by atoms with Crippen LogP contribution in [0.1, 0.15) is 23.3 Å². The summed E-state index contributed by atoms with van der Waals surface area (Å²) >= 11 is 0. The minimum atomic E-state index is -0.918. The number of ether oxygens (including phenoxy) is 3. The Morgan fingerprint density at radius 1 is 1.03 bits per heavy atom. The Kier molecular flexibility index (Phi) is 4.48. The predicted molar refractivity (Wildman–Crippen MR) is 102 cm³/mol. The molecule has 10 heteroatoms. The molecule has 154 valence electrons. The van der Waals surface area contributed by atoms with Crippen LogP contribution in [0.2, 0.25) is 0 Å². The highest BCUT2D eigenvalue weighted by molar-refractivity contribution is 6.07. The number of rotatable bonds is 4. The number of carbonyl (C=O) groups is 3. The van der Waals surface area contributed by atoms with Gasteiger partial charge in [0.25, 0.3) is 11.8 Å². The molecule has 0 bridgehead atoms. The molecule has 2 fully saturated rings. The van der Waals surface area contributed by atoms with Crippen molar-refractivity contribution < 1.29 is 28.6 Å². The summed E-state index contributed by atoms with van der Waals surface area (Å²) in [5, 5.41) is 5.71. The van der Waals surface area contributed by atoms with E-state index in [1.807, 2.05) is 0 Å². The lowest BCUT2D eigenvalue weighted by atomic mass is 9.87. The molecule has 4 rings (SSSR count). The van der Waals surface area contributed by atoms with E-state index >= 15 is 0 Å². The molecule has 0 unspecified atom stereocenters. The normalized spacial score (nSPS) is 18.0. The Bertz CT molecular complexity index is 1010. The van der Waals surface area contributed by atoms with Crippen LogP contribution in [-0.4, -0.2) is 67.7 Å². The second-order valence-electron chi connectivity index (χ2n) is 7.08. The third-order valence-corrected chi connectivity index (χ3v) is 5.57. The molecule has 2 aromatic rings. The fourth-order valence-electron chi connectivity index (χ4n) is 4.00. The van der Waals surface area contributed by atoms with Crippen LogP contribution in [0.4, 0.5) is 4.79 Å². The molecule has 2 aliphatic rings. The Labute approximate surface area is 166 Å². The molecule has 1 aromatic carbocycles. The quantitative estimate of drug-likeness (QED) is 0.656. The van der Waals surface area contributed by atoms with E-state index in [-0.39, 0.29) is 11.8 Å². The maximum atomic E-state index is 13.0. The molecule has 2 aliphatic heterocycles. The Hall–Kier alpha value is -3.43. The van der Waals surface area contributed by atoms with Gasteiger partial charge < -0.3 is 29.4 Å². The molecule has 2 saturated heterocycles. The van der Waals surface area contributed by atoms with Gasteiger partial charge in [-0.1, -0.05) is 0 Å². The number of hydrogen-bond donors (Lipinski definition) is 3. The number of nitrogens with one attached hydrogen (secondary N) is 3. The molecule has 0 radical (unpaired) electrons. The fraction of sp³-hybridized carbons (Fsp3) is 0.421. The van der Waals surface area contributed by atoms with Gasteiger partial charge >= 0.3 is 6.03 Å². The van der Waals surface area contributed by atoms with Crippen molar-refractivity contribution in [2.24, 2.45) is 0 Å². The lowest BCUT2D eigenvalue weighted by Gasteiger charge is -2.36. The topological polar surface area (TPSA) is 122 Å². The number of urea groups is 1. The highest BCUT2D eigenvalue weighted by atomic mass is 16.5. The van der Waals surface area contributed by atoms with Crippen LogP contribution in [-0.2, 0) is 4.79 Å². The van der Waals surface area contributed by atoms with Crippen molar-refractivity contribution in [2.45, 2.75) is 18.4 Å². The number of amides is 4. The summed E-state index contributed by atoms with van der Waals surface area (Å²) < 4.78 is 16.2. The molecule has 0 saturated carbocycles. The van der Waals surface area contributed by atoms with Gasteiger partial charge in [-0.2, -0.15) is 0 Å². The Balaban J connectivity index is 1.60. The van der Waals surface area contributed by atoms with E-state index in [4.69, 9.17) is 14.2 Å². The highest BCUT2D eigenvalue weighted by Gasteiger charge is 2.48. The summed E-state index contributed by atoms with van der Waals surface area (Å²) in [6, 6.07) is 3.02. The maximum Gasteiger partial charge on any atom is 0.322 e. The van der Waals surface area contributed by atoms with Gasteiger partial charge in [-0.05, 0) is 25.0 Å². The zero-order valence-electron chi connectivity index (χ0n) is 16.4. The molecular weight excluding hydrogens is 380 g/mol. The number of carbonyl (C=O) groups excluding carboxylic acids is 3. The van der Waals surface area contributed by atoms with Crippen LogP contribution < -0.4 is 24.8 Å². The summed E-state index contributed by atoms with van der Waals surface area (Å²) in [5.41, 5.74) is 0.104. The molecule has 3 N–H and O–H groups in total.